The maximum Gasteiger partial charge on any atom is 0.410 e. The van der Waals surface area contributed by atoms with Crippen LogP contribution in [0.2, 0.25) is 0 Å². The Morgan fingerprint density at radius 3 is 2.08 bits per heavy atom. The van der Waals surface area contributed by atoms with Gasteiger partial charge in [0.2, 0.25) is 0 Å². The SMILES string of the molecule is CC(C)Cc1ccc(CN2CCN(C(=O)OC(C)(C)C)CC2)cc1. The lowest BCUT2D eigenvalue weighted by Crippen LogP contribution is -2.49. The fourth-order valence-electron chi connectivity index (χ4n) is 2.93. The largest absolute Gasteiger partial charge is 0.444 e. The van der Waals surface area contributed by atoms with E-state index in [0.29, 0.717) is 5.92 Å². The average Bonchev–Trinajstić information content (AvgIpc) is 2.48. The highest BCUT2D eigenvalue weighted by Gasteiger charge is 2.25. The minimum Gasteiger partial charge on any atom is -0.444 e. The molecule has 0 unspecified atom stereocenters. The van der Waals surface area contributed by atoms with E-state index in [4.69, 9.17) is 4.74 Å². The van der Waals surface area contributed by atoms with Crippen molar-refractivity contribution < 1.29 is 9.53 Å². The Bertz CT molecular complexity index is 524. The summed E-state index contributed by atoms with van der Waals surface area (Å²) in [6, 6.07) is 8.95. The standard InChI is InChI=1S/C20H32N2O2/c1-16(2)14-17-6-8-18(9-7-17)15-21-10-12-22(13-11-21)19(23)24-20(3,4)5/h6-9,16H,10-15H2,1-5H3. The molecular formula is C20H32N2O2. The number of rotatable bonds is 4. The van der Waals surface area contributed by atoms with Crippen molar-refractivity contribution in [2.75, 3.05) is 26.2 Å². The second kappa shape index (κ2) is 8.02. The Hall–Kier alpha value is -1.55. The first-order valence-corrected chi connectivity index (χ1v) is 9.01. The first-order valence-electron chi connectivity index (χ1n) is 9.01. The number of benzene rings is 1. The van der Waals surface area contributed by atoms with Gasteiger partial charge in [0.15, 0.2) is 0 Å². The van der Waals surface area contributed by atoms with Crippen molar-refractivity contribution in [2.45, 2.75) is 53.2 Å². The Kier molecular flexibility index (Phi) is 6.27. The predicted molar refractivity (Wildman–Crippen MR) is 98.1 cm³/mol. The van der Waals surface area contributed by atoms with Crippen LogP contribution in [0.5, 0.6) is 0 Å². The van der Waals surface area contributed by atoms with Gasteiger partial charge in [0.05, 0.1) is 0 Å². The van der Waals surface area contributed by atoms with E-state index in [9.17, 15) is 4.79 Å². The van der Waals surface area contributed by atoms with E-state index < -0.39 is 5.60 Å². The number of ether oxygens (including phenoxy) is 1. The summed E-state index contributed by atoms with van der Waals surface area (Å²) in [6.07, 6.45) is 0.940. The van der Waals surface area contributed by atoms with Crippen LogP contribution in [0.1, 0.15) is 45.7 Å². The first kappa shape index (κ1) is 18.8. The molecule has 0 aromatic heterocycles. The summed E-state index contributed by atoms with van der Waals surface area (Å²) in [5.74, 6) is 0.691. The van der Waals surface area contributed by atoms with Gasteiger partial charge in [-0.3, -0.25) is 4.90 Å². The third-order valence-electron chi connectivity index (χ3n) is 4.10. The van der Waals surface area contributed by atoms with Gasteiger partial charge in [0.25, 0.3) is 0 Å². The minimum atomic E-state index is -0.425. The molecule has 1 aromatic carbocycles. The number of nitrogens with zero attached hydrogens (tertiary/aromatic N) is 2. The molecule has 1 aromatic rings. The van der Waals surface area contributed by atoms with Crippen LogP contribution in [-0.2, 0) is 17.7 Å². The van der Waals surface area contributed by atoms with Gasteiger partial charge in [0.1, 0.15) is 5.60 Å². The Morgan fingerprint density at radius 1 is 1.04 bits per heavy atom. The van der Waals surface area contributed by atoms with Crippen LogP contribution in [0.3, 0.4) is 0 Å². The Balaban J connectivity index is 1.79. The summed E-state index contributed by atoms with van der Waals surface area (Å²) in [5, 5.41) is 0. The van der Waals surface area contributed by atoms with E-state index in [2.05, 4.69) is 43.0 Å². The molecule has 1 fully saturated rings. The molecule has 134 valence electrons. The topological polar surface area (TPSA) is 32.8 Å². The second-order valence-corrected chi connectivity index (χ2v) is 8.16. The second-order valence-electron chi connectivity index (χ2n) is 8.16. The van der Waals surface area contributed by atoms with E-state index in [1.54, 1.807) is 0 Å². The van der Waals surface area contributed by atoms with Gasteiger partial charge in [-0.1, -0.05) is 38.1 Å². The molecule has 1 heterocycles. The monoisotopic (exact) mass is 332 g/mol. The van der Waals surface area contributed by atoms with Crippen molar-refractivity contribution in [1.29, 1.82) is 0 Å². The fourth-order valence-corrected chi connectivity index (χ4v) is 2.93. The quantitative estimate of drug-likeness (QED) is 0.837. The van der Waals surface area contributed by atoms with Gasteiger partial charge in [0, 0.05) is 32.7 Å². The molecule has 1 saturated heterocycles. The lowest BCUT2D eigenvalue weighted by molar-refractivity contribution is 0.0139. The summed E-state index contributed by atoms with van der Waals surface area (Å²) in [4.78, 5) is 16.3. The number of carbonyl (C=O) groups excluding carboxylic acids is 1. The summed E-state index contributed by atoms with van der Waals surface area (Å²) < 4.78 is 5.44. The van der Waals surface area contributed by atoms with E-state index >= 15 is 0 Å². The molecule has 0 spiro atoms. The summed E-state index contributed by atoms with van der Waals surface area (Å²) >= 11 is 0. The molecule has 0 radical (unpaired) electrons. The van der Waals surface area contributed by atoms with Gasteiger partial charge in [-0.25, -0.2) is 4.79 Å². The van der Waals surface area contributed by atoms with E-state index in [1.165, 1.54) is 11.1 Å². The summed E-state index contributed by atoms with van der Waals surface area (Å²) in [7, 11) is 0. The number of piperazine rings is 1. The smallest absolute Gasteiger partial charge is 0.410 e. The maximum absolute atomic E-state index is 12.1. The lowest BCUT2D eigenvalue weighted by atomic mass is 10.0. The van der Waals surface area contributed by atoms with E-state index in [0.717, 1.165) is 39.1 Å². The van der Waals surface area contributed by atoms with Crippen molar-refractivity contribution in [1.82, 2.24) is 9.80 Å². The molecule has 0 bridgehead atoms. The van der Waals surface area contributed by atoms with Crippen LogP contribution in [-0.4, -0.2) is 47.7 Å². The van der Waals surface area contributed by atoms with Crippen LogP contribution < -0.4 is 0 Å². The van der Waals surface area contributed by atoms with Crippen molar-refractivity contribution >= 4 is 6.09 Å². The molecular weight excluding hydrogens is 300 g/mol. The van der Waals surface area contributed by atoms with Crippen molar-refractivity contribution in [3.8, 4) is 0 Å². The molecule has 4 heteroatoms. The average molecular weight is 332 g/mol. The minimum absolute atomic E-state index is 0.194. The highest BCUT2D eigenvalue weighted by Crippen LogP contribution is 2.15. The van der Waals surface area contributed by atoms with Crippen LogP contribution >= 0.6 is 0 Å². The van der Waals surface area contributed by atoms with Gasteiger partial charge < -0.3 is 9.64 Å². The zero-order valence-electron chi connectivity index (χ0n) is 15.8. The fraction of sp³-hybridized carbons (Fsp3) is 0.650. The summed E-state index contributed by atoms with van der Waals surface area (Å²) in [5.41, 5.74) is 2.32. The molecule has 4 nitrogen and oxygen atoms in total. The molecule has 24 heavy (non-hydrogen) atoms. The molecule has 1 amide bonds. The molecule has 1 aliphatic heterocycles. The normalized spacial score (nSPS) is 16.5. The van der Waals surface area contributed by atoms with Gasteiger partial charge in [-0.05, 0) is 44.2 Å². The van der Waals surface area contributed by atoms with Crippen molar-refractivity contribution in [3.05, 3.63) is 35.4 Å². The van der Waals surface area contributed by atoms with E-state index in [1.807, 2.05) is 25.7 Å². The number of carbonyl (C=O) groups is 1. The van der Waals surface area contributed by atoms with Crippen LogP contribution in [0, 0.1) is 5.92 Å². The molecule has 0 atom stereocenters. The van der Waals surface area contributed by atoms with Crippen LogP contribution in [0.4, 0.5) is 4.79 Å². The van der Waals surface area contributed by atoms with Gasteiger partial charge in [-0.2, -0.15) is 0 Å². The Morgan fingerprint density at radius 2 is 1.58 bits per heavy atom. The molecule has 2 rings (SSSR count). The van der Waals surface area contributed by atoms with Gasteiger partial charge in [-0.15, -0.1) is 0 Å². The number of hydrogen-bond donors (Lipinski definition) is 0. The van der Waals surface area contributed by atoms with Crippen LogP contribution in [0.25, 0.3) is 0 Å². The van der Waals surface area contributed by atoms with Gasteiger partial charge >= 0.3 is 6.09 Å². The lowest BCUT2D eigenvalue weighted by Gasteiger charge is -2.35. The van der Waals surface area contributed by atoms with Crippen molar-refractivity contribution in [2.24, 2.45) is 5.92 Å². The van der Waals surface area contributed by atoms with Crippen LogP contribution in [0.15, 0.2) is 24.3 Å². The summed E-state index contributed by atoms with van der Waals surface area (Å²) in [6.45, 7) is 14.4. The zero-order valence-corrected chi connectivity index (χ0v) is 15.8. The Labute approximate surface area is 146 Å². The third-order valence-corrected chi connectivity index (χ3v) is 4.10. The molecule has 0 N–H and O–H groups in total. The zero-order chi connectivity index (χ0) is 17.7. The number of hydrogen-bond acceptors (Lipinski definition) is 3. The molecule has 0 saturated carbocycles. The predicted octanol–water partition coefficient (Wildman–Crippen LogP) is 3.94. The first-order chi connectivity index (χ1) is 11.2. The third kappa shape index (κ3) is 6.16. The van der Waals surface area contributed by atoms with E-state index in [-0.39, 0.29) is 6.09 Å². The highest BCUT2D eigenvalue weighted by atomic mass is 16.6. The number of amides is 1. The highest BCUT2D eigenvalue weighted by molar-refractivity contribution is 5.68. The molecule has 0 aliphatic carbocycles. The van der Waals surface area contributed by atoms with Crippen molar-refractivity contribution in [3.63, 3.8) is 0 Å². The molecule has 1 aliphatic rings. The maximum atomic E-state index is 12.1.